The summed E-state index contributed by atoms with van der Waals surface area (Å²) in [5.41, 5.74) is 6.90. The van der Waals surface area contributed by atoms with Gasteiger partial charge in [-0.1, -0.05) is 15.9 Å². The van der Waals surface area contributed by atoms with Crippen LogP contribution in [0.5, 0.6) is 0 Å². The molecule has 1 atom stereocenters. The number of amides is 2. The van der Waals surface area contributed by atoms with Crippen LogP contribution < -0.4 is 11.1 Å². The molecule has 0 saturated carbocycles. The van der Waals surface area contributed by atoms with Gasteiger partial charge in [0, 0.05) is 21.3 Å². The molecular weight excluding hydrogens is 400 g/mol. The number of primary amides is 1. The van der Waals surface area contributed by atoms with Crippen molar-refractivity contribution in [2.75, 3.05) is 5.32 Å². The highest BCUT2D eigenvalue weighted by Gasteiger charge is 2.19. The van der Waals surface area contributed by atoms with Crippen molar-refractivity contribution in [2.24, 2.45) is 5.73 Å². The fourth-order valence-electron chi connectivity index (χ4n) is 2.17. The average molecular weight is 415 g/mol. The van der Waals surface area contributed by atoms with Crippen molar-refractivity contribution in [3.63, 3.8) is 0 Å². The third-order valence-corrected chi connectivity index (χ3v) is 4.22. The summed E-state index contributed by atoms with van der Waals surface area (Å²) in [6, 6.07) is 13.1. The van der Waals surface area contributed by atoms with Crippen LogP contribution >= 0.6 is 15.9 Å². The summed E-state index contributed by atoms with van der Waals surface area (Å²) in [5, 5.41) is 15.0. The van der Waals surface area contributed by atoms with E-state index < -0.39 is 11.9 Å². The number of nitrogens with one attached hydrogen (secondary N) is 1. The predicted octanol–water partition coefficient (Wildman–Crippen LogP) is 2.40. The minimum Gasteiger partial charge on any atom is -0.366 e. The van der Waals surface area contributed by atoms with Gasteiger partial charge in [-0.05, 0) is 60.7 Å². The Morgan fingerprint density at radius 2 is 1.77 bits per heavy atom. The van der Waals surface area contributed by atoms with Crippen LogP contribution in [0.4, 0.5) is 5.69 Å². The Balaban J connectivity index is 1.70. The summed E-state index contributed by atoms with van der Waals surface area (Å²) in [7, 11) is 0. The molecule has 0 spiro atoms. The molecule has 26 heavy (non-hydrogen) atoms. The van der Waals surface area contributed by atoms with Crippen LogP contribution in [0.3, 0.4) is 0 Å². The maximum Gasteiger partial charge on any atom is 0.250 e. The second kappa shape index (κ2) is 7.44. The van der Waals surface area contributed by atoms with E-state index in [9.17, 15) is 9.59 Å². The molecule has 3 aromatic rings. The number of halogens is 1. The maximum atomic E-state index is 12.4. The van der Waals surface area contributed by atoms with Crippen molar-refractivity contribution in [1.29, 1.82) is 0 Å². The van der Waals surface area contributed by atoms with E-state index in [0.717, 1.165) is 10.0 Å². The number of tetrazole rings is 1. The summed E-state index contributed by atoms with van der Waals surface area (Å²) in [6.45, 7) is 1.67. The number of hydrogen-bond donors (Lipinski definition) is 2. The molecule has 1 aromatic heterocycles. The SMILES string of the molecule is CC(C(=O)Nc1ccc(C(N)=O)cc1)n1nnc(-c2ccc(Br)cc2)n1. The molecule has 132 valence electrons. The van der Waals surface area contributed by atoms with E-state index in [1.165, 1.54) is 4.80 Å². The Morgan fingerprint density at radius 3 is 2.38 bits per heavy atom. The monoisotopic (exact) mass is 414 g/mol. The van der Waals surface area contributed by atoms with Crippen LogP contribution in [0.1, 0.15) is 23.3 Å². The second-order valence-electron chi connectivity index (χ2n) is 5.55. The number of aromatic nitrogens is 4. The molecule has 0 radical (unpaired) electrons. The molecule has 0 saturated heterocycles. The molecule has 2 amide bonds. The van der Waals surface area contributed by atoms with Crippen LogP contribution in [0.15, 0.2) is 53.0 Å². The van der Waals surface area contributed by atoms with Gasteiger partial charge in [0.25, 0.3) is 5.91 Å². The molecule has 8 nitrogen and oxygen atoms in total. The highest BCUT2D eigenvalue weighted by atomic mass is 79.9. The summed E-state index contributed by atoms with van der Waals surface area (Å²) in [5.74, 6) is -0.400. The maximum absolute atomic E-state index is 12.4. The topological polar surface area (TPSA) is 116 Å². The number of rotatable bonds is 5. The van der Waals surface area contributed by atoms with Crippen molar-refractivity contribution >= 4 is 33.4 Å². The van der Waals surface area contributed by atoms with Crippen LogP contribution in [-0.4, -0.2) is 32.0 Å². The molecule has 0 aliphatic heterocycles. The number of benzene rings is 2. The van der Waals surface area contributed by atoms with Gasteiger partial charge in [0.15, 0.2) is 0 Å². The van der Waals surface area contributed by atoms with Gasteiger partial charge in [-0.2, -0.15) is 4.80 Å². The number of anilines is 1. The van der Waals surface area contributed by atoms with Crippen molar-refractivity contribution in [3.8, 4) is 11.4 Å². The molecule has 9 heteroatoms. The largest absolute Gasteiger partial charge is 0.366 e. The Kier molecular flexibility index (Phi) is 5.08. The molecule has 1 heterocycles. The Bertz CT molecular complexity index is 937. The number of hydrogen-bond acceptors (Lipinski definition) is 5. The third kappa shape index (κ3) is 3.94. The van der Waals surface area contributed by atoms with Crippen LogP contribution in [0.25, 0.3) is 11.4 Å². The molecule has 0 aliphatic rings. The normalized spacial score (nSPS) is 11.8. The van der Waals surface area contributed by atoms with E-state index >= 15 is 0 Å². The minimum absolute atomic E-state index is 0.309. The zero-order chi connectivity index (χ0) is 18.7. The second-order valence-corrected chi connectivity index (χ2v) is 6.46. The van der Waals surface area contributed by atoms with E-state index in [-0.39, 0.29) is 5.91 Å². The molecule has 0 aliphatic carbocycles. The third-order valence-electron chi connectivity index (χ3n) is 3.69. The molecule has 1 unspecified atom stereocenters. The van der Waals surface area contributed by atoms with E-state index in [4.69, 9.17) is 5.73 Å². The first-order valence-electron chi connectivity index (χ1n) is 7.70. The zero-order valence-corrected chi connectivity index (χ0v) is 15.3. The standard InChI is InChI=1S/C17H15BrN6O2/c1-10(17(26)20-14-8-4-11(5-9-14)15(19)25)24-22-16(21-23-24)12-2-6-13(18)7-3-12/h2-10H,1H3,(H2,19,25)(H,20,26). The number of carbonyl (C=O) groups excluding carboxylic acids is 2. The van der Waals surface area contributed by atoms with Gasteiger partial charge < -0.3 is 11.1 Å². The summed E-state index contributed by atoms with van der Waals surface area (Å²) in [6.07, 6.45) is 0. The molecule has 3 N–H and O–H groups in total. The van der Waals surface area contributed by atoms with E-state index in [2.05, 4.69) is 36.7 Å². The van der Waals surface area contributed by atoms with Crippen molar-refractivity contribution in [1.82, 2.24) is 20.2 Å². The number of nitrogens with zero attached hydrogens (tertiary/aromatic N) is 4. The van der Waals surface area contributed by atoms with Crippen LogP contribution in [0, 0.1) is 0 Å². The van der Waals surface area contributed by atoms with Crippen LogP contribution in [0.2, 0.25) is 0 Å². The van der Waals surface area contributed by atoms with Gasteiger partial charge in [-0.15, -0.1) is 10.2 Å². The fraction of sp³-hybridized carbons (Fsp3) is 0.118. The Morgan fingerprint density at radius 1 is 1.12 bits per heavy atom. The average Bonchev–Trinajstić information content (AvgIpc) is 3.12. The first-order valence-corrected chi connectivity index (χ1v) is 8.49. The smallest absolute Gasteiger partial charge is 0.250 e. The molecule has 0 fully saturated rings. The lowest BCUT2D eigenvalue weighted by Gasteiger charge is -2.11. The highest BCUT2D eigenvalue weighted by molar-refractivity contribution is 9.10. The summed E-state index contributed by atoms with van der Waals surface area (Å²) >= 11 is 3.37. The predicted molar refractivity (Wildman–Crippen MR) is 99.3 cm³/mol. The van der Waals surface area contributed by atoms with Gasteiger partial charge in [-0.3, -0.25) is 9.59 Å². The van der Waals surface area contributed by atoms with Crippen molar-refractivity contribution in [3.05, 3.63) is 58.6 Å². The first-order chi connectivity index (χ1) is 12.4. The number of nitrogens with two attached hydrogens (primary N) is 1. The van der Waals surface area contributed by atoms with Crippen molar-refractivity contribution in [2.45, 2.75) is 13.0 Å². The van der Waals surface area contributed by atoms with Gasteiger partial charge in [0.1, 0.15) is 6.04 Å². The van der Waals surface area contributed by atoms with Gasteiger partial charge in [0.05, 0.1) is 0 Å². The number of carbonyl (C=O) groups is 2. The van der Waals surface area contributed by atoms with E-state index in [1.54, 1.807) is 31.2 Å². The summed E-state index contributed by atoms with van der Waals surface area (Å²) in [4.78, 5) is 24.7. The Labute approximate surface area is 157 Å². The zero-order valence-electron chi connectivity index (χ0n) is 13.8. The quantitative estimate of drug-likeness (QED) is 0.664. The summed E-state index contributed by atoms with van der Waals surface area (Å²) < 4.78 is 0.948. The molecule has 3 rings (SSSR count). The van der Waals surface area contributed by atoms with E-state index in [1.807, 2.05) is 24.3 Å². The first kappa shape index (κ1) is 17.7. The van der Waals surface area contributed by atoms with Gasteiger partial charge in [0.2, 0.25) is 11.7 Å². The lowest BCUT2D eigenvalue weighted by Crippen LogP contribution is -2.25. The van der Waals surface area contributed by atoms with Gasteiger partial charge in [-0.25, -0.2) is 0 Å². The fourth-order valence-corrected chi connectivity index (χ4v) is 2.44. The Hall–Kier alpha value is -3.07. The molecule has 2 aromatic carbocycles. The lowest BCUT2D eigenvalue weighted by atomic mass is 10.2. The molecule has 0 bridgehead atoms. The highest BCUT2D eigenvalue weighted by Crippen LogP contribution is 2.18. The van der Waals surface area contributed by atoms with Crippen LogP contribution in [-0.2, 0) is 4.79 Å². The van der Waals surface area contributed by atoms with Crippen molar-refractivity contribution < 1.29 is 9.59 Å². The van der Waals surface area contributed by atoms with Gasteiger partial charge >= 0.3 is 0 Å². The lowest BCUT2D eigenvalue weighted by molar-refractivity contribution is -0.119. The van der Waals surface area contributed by atoms with E-state index in [0.29, 0.717) is 17.1 Å². The molecular formula is C17H15BrN6O2. The minimum atomic E-state index is -0.664.